The fraction of sp³-hybridized carbons (Fsp3) is 0.818. The molecule has 0 aromatic carbocycles. The second-order valence-electron chi connectivity index (χ2n) is 4.86. The fourth-order valence-corrected chi connectivity index (χ4v) is 2.20. The first-order valence-corrected chi connectivity index (χ1v) is 5.84. The van der Waals surface area contributed by atoms with Crippen molar-refractivity contribution in [3.63, 3.8) is 0 Å². The molecule has 1 aromatic heterocycles. The molecule has 15 heavy (non-hydrogen) atoms. The molecule has 2 unspecified atom stereocenters. The molecular weight excluding hydrogens is 188 g/mol. The number of hydrogen-bond donors (Lipinski definition) is 2. The van der Waals surface area contributed by atoms with Gasteiger partial charge in [-0.05, 0) is 19.3 Å². The predicted octanol–water partition coefficient (Wildman–Crippen LogP) is 1.91. The summed E-state index contributed by atoms with van der Waals surface area (Å²) in [6.45, 7) is 4.22. The third-order valence-electron chi connectivity index (χ3n) is 3.14. The van der Waals surface area contributed by atoms with E-state index in [9.17, 15) is 0 Å². The average Bonchev–Trinajstić information content (AvgIpc) is 2.66. The van der Waals surface area contributed by atoms with Gasteiger partial charge in [0.05, 0.1) is 0 Å². The van der Waals surface area contributed by atoms with Crippen molar-refractivity contribution in [2.45, 2.75) is 57.4 Å². The standard InChI is InChI=1S/C11H20N4/c1-7(2)10-13-11(15-14-10)8-4-3-5-9(12)6-8/h7-9H,3-6,12H2,1-2H3,(H,13,14,15). The minimum Gasteiger partial charge on any atom is -0.328 e. The van der Waals surface area contributed by atoms with Crippen molar-refractivity contribution >= 4 is 0 Å². The summed E-state index contributed by atoms with van der Waals surface area (Å²) >= 11 is 0. The Hall–Kier alpha value is -0.900. The highest BCUT2D eigenvalue weighted by atomic mass is 15.2. The van der Waals surface area contributed by atoms with Gasteiger partial charge in [-0.2, -0.15) is 5.10 Å². The van der Waals surface area contributed by atoms with Crippen LogP contribution in [0.2, 0.25) is 0 Å². The van der Waals surface area contributed by atoms with Gasteiger partial charge in [-0.15, -0.1) is 0 Å². The Balaban J connectivity index is 2.08. The number of hydrogen-bond acceptors (Lipinski definition) is 3. The molecule has 0 saturated heterocycles. The molecule has 4 heteroatoms. The average molecular weight is 208 g/mol. The molecule has 0 spiro atoms. The van der Waals surface area contributed by atoms with E-state index in [1.54, 1.807) is 0 Å². The zero-order chi connectivity index (χ0) is 10.8. The Morgan fingerprint density at radius 3 is 2.80 bits per heavy atom. The minimum atomic E-state index is 0.344. The molecule has 3 N–H and O–H groups in total. The second kappa shape index (κ2) is 4.31. The highest BCUT2D eigenvalue weighted by Gasteiger charge is 2.23. The van der Waals surface area contributed by atoms with Crippen LogP contribution in [-0.4, -0.2) is 21.2 Å². The van der Waals surface area contributed by atoms with Crippen LogP contribution in [0, 0.1) is 0 Å². The first-order chi connectivity index (χ1) is 7.16. The molecule has 84 valence electrons. The Bertz CT molecular complexity index is 318. The summed E-state index contributed by atoms with van der Waals surface area (Å²) < 4.78 is 0. The summed E-state index contributed by atoms with van der Waals surface area (Å²) in [6.07, 6.45) is 4.61. The van der Waals surface area contributed by atoms with Gasteiger partial charge in [0.2, 0.25) is 0 Å². The van der Waals surface area contributed by atoms with E-state index in [0.717, 1.165) is 24.5 Å². The topological polar surface area (TPSA) is 67.6 Å². The lowest BCUT2D eigenvalue weighted by Crippen LogP contribution is -2.27. The van der Waals surface area contributed by atoms with Crippen LogP contribution in [0.3, 0.4) is 0 Å². The van der Waals surface area contributed by atoms with E-state index in [1.165, 1.54) is 12.8 Å². The van der Waals surface area contributed by atoms with Crippen LogP contribution in [0.5, 0.6) is 0 Å². The summed E-state index contributed by atoms with van der Waals surface area (Å²) in [5.74, 6) is 2.85. The number of nitrogens with one attached hydrogen (secondary N) is 1. The van der Waals surface area contributed by atoms with E-state index in [1.807, 2.05) is 0 Å². The molecule has 1 aliphatic rings. The van der Waals surface area contributed by atoms with Crippen LogP contribution in [0.15, 0.2) is 0 Å². The number of H-pyrrole nitrogens is 1. The van der Waals surface area contributed by atoms with E-state index >= 15 is 0 Å². The van der Waals surface area contributed by atoms with Crippen molar-refractivity contribution in [2.75, 3.05) is 0 Å². The van der Waals surface area contributed by atoms with Crippen LogP contribution >= 0.6 is 0 Å². The highest BCUT2D eigenvalue weighted by Crippen LogP contribution is 2.30. The van der Waals surface area contributed by atoms with Crippen molar-refractivity contribution < 1.29 is 0 Å². The van der Waals surface area contributed by atoms with Gasteiger partial charge in [-0.3, -0.25) is 5.10 Å². The molecule has 0 aliphatic heterocycles. The van der Waals surface area contributed by atoms with Gasteiger partial charge < -0.3 is 5.73 Å². The molecule has 2 atom stereocenters. The van der Waals surface area contributed by atoms with Crippen LogP contribution in [0.4, 0.5) is 0 Å². The largest absolute Gasteiger partial charge is 0.328 e. The molecule has 2 rings (SSSR count). The SMILES string of the molecule is CC(C)c1n[nH]c(C2CCCC(N)C2)n1. The summed E-state index contributed by atoms with van der Waals surface area (Å²) in [7, 11) is 0. The number of rotatable bonds is 2. The van der Waals surface area contributed by atoms with Gasteiger partial charge in [-0.1, -0.05) is 20.3 Å². The van der Waals surface area contributed by atoms with Gasteiger partial charge in [0.15, 0.2) is 5.82 Å². The molecule has 1 saturated carbocycles. The zero-order valence-electron chi connectivity index (χ0n) is 9.53. The van der Waals surface area contributed by atoms with Crippen molar-refractivity contribution in [3.8, 4) is 0 Å². The van der Waals surface area contributed by atoms with Gasteiger partial charge in [0, 0.05) is 17.9 Å². The number of nitrogens with zero attached hydrogens (tertiary/aromatic N) is 2. The summed E-state index contributed by atoms with van der Waals surface area (Å²) in [5.41, 5.74) is 5.97. The number of nitrogens with two attached hydrogens (primary N) is 1. The van der Waals surface area contributed by atoms with E-state index in [0.29, 0.717) is 17.9 Å². The third-order valence-corrected chi connectivity index (χ3v) is 3.14. The van der Waals surface area contributed by atoms with Gasteiger partial charge in [0.1, 0.15) is 5.82 Å². The fourth-order valence-electron chi connectivity index (χ4n) is 2.20. The molecule has 0 radical (unpaired) electrons. The minimum absolute atomic E-state index is 0.344. The first kappa shape index (κ1) is 10.6. The molecule has 4 nitrogen and oxygen atoms in total. The number of aromatic nitrogens is 3. The zero-order valence-corrected chi connectivity index (χ0v) is 9.53. The highest BCUT2D eigenvalue weighted by molar-refractivity contribution is 5.02. The first-order valence-electron chi connectivity index (χ1n) is 5.84. The Kier molecular flexibility index (Phi) is 3.05. The smallest absolute Gasteiger partial charge is 0.153 e. The second-order valence-corrected chi connectivity index (χ2v) is 4.86. The van der Waals surface area contributed by atoms with Crippen molar-refractivity contribution in [1.82, 2.24) is 15.2 Å². The maximum absolute atomic E-state index is 5.97. The molecule has 0 bridgehead atoms. The molecule has 1 heterocycles. The van der Waals surface area contributed by atoms with Gasteiger partial charge in [0.25, 0.3) is 0 Å². The normalized spacial score (nSPS) is 27.2. The maximum atomic E-state index is 5.97. The van der Waals surface area contributed by atoms with Crippen LogP contribution in [-0.2, 0) is 0 Å². The lowest BCUT2D eigenvalue weighted by molar-refractivity contribution is 0.382. The van der Waals surface area contributed by atoms with Crippen LogP contribution < -0.4 is 5.73 Å². The van der Waals surface area contributed by atoms with E-state index < -0.39 is 0 Å². The number of aromatic amines is 1. The van der Waals surface area contributed by atoms with Crippen LogP contribution in [0.1, 0.15) is 63.0 Å². The predicted molar refractivity (Wildman–Crippen MR) is 59.7 cm³/mol. The summed E-state index contributed by atoms with van der Waals surface area (Å²) in [6, 6.07) is 0.344. The van der Waals surface area contributed by atoms with E-state index in [-0.39, 0.29) is 0 Å². The maximum Gasteiger partial charge on any atom is 0.153 e. The Labute approximate surface area is 90.7 Å². The molecular formula is C11H20N4. The Morgan fingerprint density at radius 1 is 1.40 bits per heavy atom. The van der Waals surface area contributed by atoms with Gasteiger partial charge >= 0.3 is 0 Å². The monoisotopic (exact) mass is 208 g/mol. The Morgan fingerprint density at radius 2 is 2.20 bits per heavy atom. The lowest BCUT2D eigenvalue weighted by atomic mass is 9.86. The van der Waals surface area contributed by atoms with Crippen LogP contribution in [0.25, 0.3) is 0 Å². The van der Waals surface area contributed by atoms with Crippen molar-refractivity contribution in [1.29, 1.82) is 0 Å². The molecule has 1 aliphatic carbocycles. The summed E-state index contributed by atoms with van der Waals surface area (Å²) in [5, 5.41) is 7.30. The molecule has 0 amide bonds. The van der Waals surface area contributed by atoms with Gasteiger partial charge in [-0.25, -0.2) is 4.98 Å². The quantitative estimate of drug-likeness (QED) is 0.780. The third kappa shape index (κ3) is 2.37. The lowest BCUT2D eigenvalue weighted by Gasteiger charge is -2.24. The molecule has 1 aromatic rings. The van der Waals surface area contributed by atoms with Crippen molar-refractivity contribution in [3.05, 3.63) is 11.6 Å². The summed E-state index contributed by atoms with van der Waals surface area (Å²) in [4.78, 5) is 4.55. The molecule has 1 fully saturated rings. The van der Waals surface area contributed by atoms with E-state index in [4.69, 9.17) is 5.73 Å². The van der Waals surface area contributed by atoms with Crippen molar-refractivity contribution in [2.24, 2.45) is 5.73 Å². The van der Waals surface area contributed by atoms with E-state index in [2.05, 4.69) is 29.0 Å².